The molecule has 0 aromatic heterocycles. The summed E-state index contributed by atoms with van der Waals surface area (Å²) in [6.45, 7) is 4.20. The summed E-state index contributed by atoms with van der Waals surface area (Å²) in [5.74, 6) is 0.906. The van der Waals surface area contributed by atoms with Crippen molar-refractivity contribution in [2.45, 2.75) is 19.1 Å². The molecule has 1 heterocycles. The lowest BCUT2D eigenvalue weighted by Gasteiger charge is -2.12. The van der Waals surface area contributed by atoms with Crippen molar-refractivity contribution >= 4 is 45.3 Å². The molecule has 0 unspecified atom stereocenters. The number of amides is 1. The molecule has 106 valence electrons. The molecular weight excluding hydrogens is 292 g/mol. The van der Waals surface area contributed by atoms with Gasteiger partial charge in [0.15, 0.2) is 5.78 Å². The summed E-state index contributed by atoms with van der Waals surface area (Å²) in [6.07, 6.45) is 0. The molecule has 4 nitrogen and oxygen atoms in total. The van der Waals surface area contributed by atoms with Gasteiger partial charge >= 0.3 is 0 Å². The van der Waals surface area contributed by atoms with Gasteiger partial charge in [0.05, 0.1) is 11.8 Å². The molecule has 0 bridgehead atoms. The number of nitrogens with zero attached hydrogens (tertiary/aromatic N) is 1. The smallest absolute Gasteiger partial charge is 0.237 e. The molecule has 0 saturated carbocycles. The van der Waals surface area contributed by atoms with Crippen LogP contribution in [-0.4, -0.2) is 33.6 Å². The molecule has 0 saturated heterocycles. The van der Waals surface area contributed by atoms with Crippen LogP contribution in [0.5, 0.6) is 0 Å². The number of hydrogen-bond acceptors (Lipinski definition) is 5. The number of hydrogen-bond donors (Lipinski definition) is 1. The van der Waals surface area contributed by atoms with Gasteiger partial charge in [-0.15, -0.1) is 0 Å². The number of thioether (sulfide) groups is 2. The standard InChI is InChI=1S/C14H16N2O2S2/c1-9(17)11-4-3-5-12(8-11)16-13(18)10(2)20-14-15-6-7-19-14/h3-5,8,10H,6-7H2,1-2H3,(H,16,18)/t10-/m0/s1. The number of carbonyl (C=O) groups is 2. The molecule has 0 spiro atoms. The van der Waals surface area contributed by atoms with Crippen LogP contribution in [0.3, 0.4) is 0 Å². The Morgan fingerprint density at radius 3 is 2.90 bits per heavy atom. The molecule has 1 atom stereocenters. The van der Waals surface area contributed by atoms with Gasteiger partial charge in [0, 0.05) is 17.0 Å². The highest BCUT2D eigenvalue weighted by atomic mass is 32.2. The van der Waals surface area contributed by atoms with Crippen LogP contribution < -0.4 is 5.32 Å². The maximum atomic E-state index is 12.1. The third-order valence-corrected chi connectivity index (χ3v) is 5.04. The highest BCUT2D eigenvalue weighted by Crippen LogP contribution is 2.26. The van der Waals surface area contributed by atoms with Gasteiger partial charge in [0.2, 0.25) is 5.91 Å². The largest absolute Gasteiger partial charge is 0.325 e. The minimum absolute atomic E-state index is 0.0137. The molecule has 0 fully saturated rings. The summed E-state index contributed by atoms with van der Waals surface area (Å²) in [7, 11) is 0. The van der Waals surface area contributed by atoms with Crippen LogP contribution in [0, 0.1) is 0 Å². The fourth-order valence-electron chi connectivity index (χ4n) is 1.65. The summed E-state index contributed by atoms with van der Waals surface area (Å²) >= 11 is 3.17. The van der Waals surface area contributed by atoms with E-state index in [1.54, 1.807) is 36.0 Å². The van der Waals surface area contributed by atoms with Crippen molar-refractivity contribution in [3.8, 4) is 0 Å². The Labute approximate surface area is 126 Å². The van der Waals surface area contributed by atoms with Crippen LogP contribution in [0.15, 0.2) is 29.3 Å². The Morgan fingerprint density at radius 1 is 1.45 bits per heavy atom. The predicted octanol–water partition coefficient (Wildman–Crippen LogP) is 3.05. The van der Waals surface area contributed by atoms with Crippen LogP contribution in [0.1, 0.15) is 24.2 Å². The van der Waals surface area contributed by atoms with Gasteiger partial charge in [0.25, 0.3) is 0 Å². The second-order valence-corrected chi connectivity index (χ2v) is 7.05. The van der Waals surface area contributed by atoms with E-state index in [1.807, 2.05) is 6.92 Å². The second-order valence-electron chi connectivity index (χ2n) is 4.38. The topological polar surface area (TPSA) is 58.5 Å². The molecule has 2 rings (SSSR count). The Hall–Kier alpha value is -1.27. The SMILES string of the molecule is CC(=O)c1cccc(NC(=O)[C@H](C)SC2=NCCS2)c1. The normalized spacial score (nSPS) is 15.6. The summed E-state index contributed by atoms with van der Waals surface area (Å²) in [4.78, 5) is 27.7. The van der Waals surface area contributed by atoms with E-state index in [1.165, 1.54) is 18.7 Å². The van der Waals surface area contributed by atoms with Gasteiger partial charge < -0.3 is 5.32 Å². The fourth-order valence-corrected chi connectivity index (χ4v) is 3.78. The lowest BCUT2D eigenvalue weighted by Crippen LogP contribution is -2.23. The molecule has 0 aliphatic carbocycles. The summed E-state index contributed by atoms with van der Waals surface area (Å²) < 4.78 is 0.977. The Morgan fingerprint density at radius 2 is 2.25 bits per heavy atom. The molecular formula is C14H16N2O2S2. The van der Waals surface area contributed by atoms with E-state index in [2.05, 4.69) is 10.3 Å². The Balaban J connectivity index is 1.96. The maximum absolute atomic E-state index is 12.1. The minimum atomic E-state index is -0.208. The molecule has 1 amide bonds. The minimum Gasteiger partial charge on any atom is -0.325 e. The monoisotopic (exact) mass is 308 g/mol. The summed E-state index contributed by atoms with van der Waals surface area (Å²) in [6, 6.07) is 6.98. The highest BCUT2D eigenvalue weighted by molar-refractivity contribution is 8.39. The molecule has 0 radical (unpaired) electrons. The number of Topliss-reactive ketones (excluding diaryl/α,β-unsaturated/α-hetero) is 1. The van der Waals surface area contributed by atoms with Gasteiger partial charge in [-0.25, -0.2) is 0 Å². The van der Waals surface area contributed by atoms with Crippen molar-refractivity contribution in [1.82, 2.24) is 0 Å². The number of anilines is 1. The third kappa shape index (κ3) is 4.11. The Bertz CT molecular complexity index is 558. The quantitative estimate of drug-likeness (QED) is 0.869. The number of rotatable bonds is 4. The zero-order valence-corrected chi connectivity index (χ0v) is 13.0. The van der Waals surface area contributed by atoms with Gasteiger partial charge in [-0.2, -0.15) is 0 Å². The van der Waals surface area contributed by atoms with Crippen molar-refractivity contribution < 1.29 is 9.59 Å². The first kappa shape index (κ1) is 15.1. The van der Waals surface area contributed by atoms with E-state index >= 15 is 0 Å². The van der Waals surface area contributed by atoms with E-state index in [-0.39, 0.29) is 16.9 Å². The van der Waals surface area contributed by atoms with Crippen LogP contribution in [0.4, 0.5) is 5.69 Å². The number of nitrogens with one attached hydrogen (secondary N) is 1. The lowest BCUT2D eigenvalue weighted by molar-refractivity contribution is -0.115. The molecule has 1 aliphatic rings. The number of benzene rings is 1. The number of carbonyl (C=O) groups excluding carboxylic acids is 2. The van der Waals surface area contributed by atoms with Crippen molar-refractivity contribution in [3.63, 3.8) is 0 Å². The molecule has 20 heavy (non-hydrogen) atoms. The fraction of sp³-hybridized carbons (Fsp3) is 0.357. The highest BCUT2D eigenvalue weighted by Gasteiger charge is 2.19. The van der Waals surface area contributed by atoms with Crippen molar-refractivity contribution in [2.24, 2.45) is 4.99 Å². The van der Waals surface area contributed by atoms with Crippen LogP contribution in [-0.2, 0) is 4.79 Å². The van der Waals surface area contributed by atoms with Crippen molar-refractivity contribution in [3.05, 3.63) is 29.8 Å². The average molecular weight is 308 g/mol. The maximum Gasteiger partial charge on any atom is 0.237 e. The summed E-state index contributed by atoms with van der Waals surface area (Å²) in [5.41, 5.74) is 1.25. The average Bonchev–Trinajstić information content (AvgIpc) is 2.91. The van der Waals surface area contributed by atoms with Crippen molar-refractivity contribution in [1.29, 1.82) is 0 Å². The first-order chi connectivity index (χ1) is 9.56. The zero-order chi connectivity index (χ0) is 14.5. The predicted molar refractivity (Wildman–Crippen MR) is 86.9 cm³/mol. The molecule has 1 aromatic carbocycles. The van der Waals surface area contributed by atoms with Gasteiger partial charge in [-0.05, 0) is 26.0 Å². The van der Waals surface area contributed by atoms with E-state index in [4.69, 9.17) is 0 Å². The van der Waals surface area contributed by atoms with Crippen LogP contribution in [0.25, 0.3) is 0 Å². The lowest BCUT2D eigenvalue weighted by atomic mass is 10.1. The van der Waals surface area contributed by atoms with Crippen LogP contribution in [0.2, 0.25) is 0 Å². The number of aliphatic imine (C=N–C) groups is 1. The van der Waals surface area contributed by atoms with E-state index in [9.17, 15) is 9.59 Å². The van der Waals surface area contributed by atoms with E-state index in [0.29, 0.717) is 11.3 Å². The molecule has 1 aliphatic heterocycles. The second kappa shape index (κ2) is 6.95. The zero-order valence-electron chi connectivity index (χ0n) is 11.4. The van der Waals surface area contributed by atoms with Gasteiger partial charge in [-0.3, -0.25) is 14.6 Å². The molecule has 1 N–H and O–H groups in total. The summed E-state index contributed by atoms with van der Waals surface area (Å²) in [5, 5.41) is 2.63. The third-order valence-electron chi connectivity index (χ3n) is 2.74. The van der Waals surface area contributed by atoms with E-state index < -0.39 is 0 Å². The first-order valence-electron chi connectivity index (χ1n) is 6.32. The molecule has 6 heteroatoms. The van der Waals surface area contributed by atoms with Gasteiger partial charge in [-0.1, -0.05) is 35.7 Å². The first-order valence-corrected chi connectivity index (χ1v) is 8.18. The van der Waals surface area contributed by atoms with E-state index in [0.717, 1.165) is 16.7 Å². The molecule has 1 aromatic rings. The Kier molecular flexibility index (Phi) is 5.25. The van der Waals surface area contributed by atoms with Gasteiger partial charge in [0.1, 0.15) is 4.38 Å². The number of ketones is 1. The van der Waals surface area contributed by atoms with Crippen LogP contribution >= 0.6 is 23.5 Å². The van der Waals surface area contributed by atoms with Crippen molar-refractivity contribution in [2.75, 3.05) is 17.6 Å².